The van der Waals surface area contributed by atoms with E-state index in [-0.39, 0.29) is 17.2 Å². The Hall–Kier alpha value is -3.42. The summed E-state index contributed by atoms with van der Waals surface area (Å²) in [7, 11) is -3.85. The highest BCUT2D eigenvalue weighted by Crippen LogP contribution is 2.29. The number of aryl methyl sites for hydroxylation is 2. The predicted molar refractivity (Wildman–Crippen MR) is 127 cm³/mol. The highest BCUT2D eigenvalue weighted by molar-refractivity contribution is 7.89. The molecule has 1 aromatic heterocycles. The number of carboxylic acid groups (broad SMARTS) is 1. The van der Waals surface area contributed by atoms with Gasteiger partial charge in [0.15, 0.2) is 0 Å². The number of aromatic carboxylic acids is 1. The van der Waals surface area contributed by atoms with E-state index in [4.69, 9.17) is 4.42 Å². The number of hydrogen-bond acceptors (Lipinski definition) is 4. The van der Waals surface area contributed by atoms with Crippen LogP contribution in [0.3, 0.4) is 0 Å². The molecule has 170 valence electrons. The topological polar surface area (TPSA) is 87.8 Å². The van der Waals surface area contributed by atoms with Crippen molar-refractivity contribution in [2.24, 2.45) is 0 Å². The molecule has 1 N–H and O–H groups in total. The molecule has 0 saturated carbocycles. The average Bonchev–Trinajstić information content (AvgIpc) is 3.14. The lowest BCUT2D eigenvalue weighted by Crippen LogP contribution is -2.32. The minimum Gasteiger partial charge on any atom is -0.475 e. The fourth-order valence-electron chi connectivity index (χ4n) is 3.79. The molecule has 0 bridgehead atoms. The van der Waals surface area contributed by atoms with Crippen LogP contribution in [-0.4, -0.2) is 30.3 Å². The SMILES string of the molecule is Cc1ccc(CN(CCc2ccccc2)S(=O)(=O)c2ccc3oc(C(=O)O)c(C)c3c2)cc1. The average molecular weight is 464 g/mol. The van der Waals surface area contributed by atoms with E-state index in [1.54, 1.807) is 6.92 Å². The lowest BCUT2D eigenvalue weighted by atomic mass is 10.1. The molecule has 7 heteroatoms. The first kappa shape index (κ1) is 22.8. The van der Waals surface area contributed by atoms with Crippen LogP contribution < -0.4 is 0 Å². The molecule has 0 fully saturated rings. The quantitative estimate of drug-likeness (QED) is 0.389. The lowest BCUT2D eigenvalue weighted by molar-refractivity contribution is 0.0664. The molecule has 0 aliphatic rings. The minimum absolute atomic E-state index is 0.107. The van der Waals surface area contributed by atoms with Crippen LogP contribution in [0.1, 0.15) is 32.8 Å². The molecule has 4 rings (SSSR count). The minimum atomic E-state index is -3.85. The molecule has 0 unspecified atom stereocenters. The maximum absolute atomic E-state index is 13.7. The van der Waals surface area contributed by atoms with Crippen LogP contribution in [0.2, 0.25) is 0 Å². The lowest BCUT2D eigenvalue weighted by Gasteiger charge is -2.23. The molecule has 6 nitrogen and oxygen atoms in total. The van der Waals surface area contributed by atoms with Crippen molar-refractivity contribution in [2.45, 2.75) is 31.7 Å². The molecule has 0 atom stereocenters. The van der Waals surface area contributed by atoms with Gasteiger partial charge in [0.2, 0.25) is 15.8 Å². The molecule has 33 heavy (non-hydrogen) atoms. The van der Waals surface area contributed by atoms with Crippen molar-refractivity contribution >= 4 is 27.0 Å². The third kappa shape index (κ3) is 4.84. The van der Waals surface area contributed by atoms with Gasteiger partial charge in [-0.25, -0.2) is 13.2 Å². The van der Waals surface area contributed by atoms with E-state index in [9.17, 15) is 18.3 Å². The number of carboxylic acids is 1. The molecule has 0 aliphatic carbocycles. The zero-order valence-corrected chi connectivity index (χ0v) is 19.3. The standard InChI is InChI=1S/C26H25NO5S/c1-18-8-10-21(11-9-18)17-27(15-14-20-6-4-3-5-7-20)33(30,31)22-12-13-24-23(16-22)19(2)25(32-24)26(28)29/h3-13,16H,14-15,17H2,1-2H3,(H,28,29). The van der Waals surface area contributed by atoms with Crippen molar-refractivity contribution in [1.82, 2.24) is 4.31 Å². The van der Waals surface area contributed by atoms with Gasteiger partial charge in [-0.1, -0.05) is 60.2 Å². The van der Waals surface area contributed by atoms with Gasteiger partial charge in [-0.2, -0.15) is 4.31 Å². The van der Waals surface area contributed by atoms with Gasteiger partial charge in [0, 0.05) is 24.0 Å². The third-order valence-corrected chi connectivity index (χ3v) is 7.55. The molecule has 1 heterocycles. The summed E-state index contributed by atoms with van der Waals surface area (Å²) in [5.74, 6) is -1.36. The number of carbonyl (C=O) groups is 1. The molecule has 3 aromatic carbocycles. The number of nitrogens with zero attached hydrogens (tertiary/aromatic N) is 1. The Morgan fingerprint density at radius 2 is 1.64 bits per heavy atom. The second kappa shape index (κ2) is 9.21. The number of furan rings is 1. The highest BCUT2D eigenvalue weighted by Gasteiger charge is 2.26. The summed E-state index contributed by atoms with van der Waals surface area (Å²) in [4.78, 5) is 11.5. The molecule has 0 aliphatic heterocycles. The second-order valence-corrected chi connectivity index (χ2v) is 10.0. The van der Waals surface area contributed by atoms with E-state index in [1.165, 1.54) is 22.5 Å². The summed E-state index contributed by atoms with van der Waals surface area (Å²) >= 11 is 0. The van der Waals surface area contributed by atoms with E-state index in [2.05, 4.69) is 0 Å². The normalized spacial score (nSPS) is 11.8. The van der Waals surface area contributed by atoms with E-state index < -0.39 is 16.0 Å². The monoisotopic (exact) mass is 463 g/mol. The number of fused-ring (bicyclic) bond motifs is 1. The van der Waals surface area contributed by atoms with Crippen LogP contribution in [-0.2, 0) is 23.0 Å². The van der Waals surface area contributed by atoms with Crippen LogP contribution in [0.4, 0.5) is 0 Å². The summed E-state index contributed by atoms with van der Waals surface area (Å²) in [5.41, 5.74) is 3.80. The van der Waals surface area contributed by atoms with Gasteiger partial charge in [-0.15, -0.1) is 0 Å². The molecule has 0 saturated heterocycles. The van der Waals surface area contributed by atoms with Crippen LogP contribution in [0, 0.1) is 13.8 Å². The Bertz CT molecular complexity index is 1390. The van der Waals surface area contributed by atoms with Gasteiger partial charge in [-0.05, 0) is 49.6 Å². The van der Waals surface area contributed by atoms with Crippen LogP contribution in [0.5, 0.6) is 0 Å². The van der Waals surface area contributed by atoms with E-state index in [1.807, 2.05) is 61.5 Å². The van der Waals surface area contributed by atoms with Crippen molar-refractivity contribution in [2.75, 3.05) is 6.54 Å². The summed E-state index contributed by atoms with van der Waals surface area (Å²) in [6.45, 7) is 4.15. The van der Waals surface area contributed by atoms with Gasteiger partial charge < -0.3 is 9.52 Å². The Balaban J connectivity index is 1.71. The first-order valence-corrected chi connectivity index (χ1v) is 12.1. The predicted octanol–water partition coefficient (Wildman–Crippen LogP) is 5.18. The number of hydrogen-bond donors (Lipinski definition) is 1. The molecule has 0 amide bonds. The van der Waals surface area contributed by atoms with Crippen LogP contribution in [0.15, 0.2) is 82.1 Å². The van der Waals surface area contributed by atoms with Gasteiger partial charge in [0.25, 0.3) is 0 Å². The Morgan fingerprint density at radius 1 is 0.939 bits per heavy atom. The summed E-state index contributed by atoms with van der Waals surface area (Å²) in [6.07, 6.45) is 0.572. The molecule has 0 spiro atoms. The maximum atomic E-state index is 13.7. The zero-order valence-electron chi connectivity index (χ0n) is 18.5. The Labute approximate surface area is 193 Å². The first-order chi connectivity index (χ1) is 15.8. The van der Waals surface area contributed by atoms with Crippen LogP contribution in [0.25, 0.3) is 11.0 Å². The summed E-state index contributed by atoms with van der Waals surface area (Å²) in [6, 6.07) is 22.0. The van der Waals surface area contributed by atoms with E-state index >= 15 is 0 Å². The van der Waals surface area contributed by atoms with Crippen molar-refractivity contribution < 1.29 is 22.7 Å². The first-order valence-electron chi connectivity index (χ1n) is 10.6. The molecular weight excluding hydrogens is 438 g/mol. The fourth-order valence-corrected chi connectivity index (χ4v) is 5.25. The fraction of sp³-hybridized carbons (Fsp3) is 0.192. The third-order valence-electron chi connectivity index (χ3n) is 5.71. The van der Waals surface area contributed by atoms with Gasteiger partial charge in [-0.3, -0.25) is 0 Å². The van der Waals surface area contributed by atoms with Crippen molar-refractivity contribution in [3.8, 4) is 0 Å². The zero-order chi connectivity index (χ0) is 23.6. The smallest absolute Gasteiger partial charge is 0.372 e. The van der Waals surface area contributed by atoms with Gasteiger partial charge in [0.05, 0.1) is 4.90 Å². The summed E-state index contributed by atoms with van der Waals surface area (Å²) in [5, 5.41) is 9.80. The number of benzene rings is 3. The van der Waals surface area contributed by atoms with Gasteiger partial charge >= 0.3 is 5.97 Å². The van der Waals surface area contributed by atoms with Crippen molar-refractivity contribution in [3.63, 3.8) is 0 Å². The number of sulfonamides is 1. The van der Waals surface area contributed by atoms with Crippen molar-refractivity contribution in [1.29, 1.82) is 0 Å². The van der Waals surface area contributed by atoms with Crippen LogP contribution >= 0.6 is 0 Å². The highest BCUT2D eigenvalue weighted by atomic mass is 32.2. The Morgan fingerprint density at radius 3 is 2.30 bits per heavy atom. The second-order valence-electron chi connectivity index (χ2n) is 8.08. The Kier molecular flexibility index (Phi) is 6.35. The largest absolute Gasteiger partial charge is 0.475 e. The number of rotatable bonds is 8. The molecule has 4 aromatic rings. The van der Waals surface area contributed by atoms with E-state index in [0.717, 1.165) is 16.7 Å². The van der Waals surface area contributed by atoms with Crippen molar-refractivity contribution in [3.05, 3.63) is 101 Å². The molecule has 0 radical (unpaired) electrons. The van der Waals surface area contributed by atoms with Gasteiger partial charge in [0.1, 0.15) is 5.58 Å². The maximum Gasteiger partial charge on any atom is 0.372 e. The van der Waals surface area contributed by atoms with E-state index in [0.29, 0.717) is 29.5 Å². The molecular formula is C26H25NO5S. The summed E-state index contributed by atoms with van der Waals surface area (Å²) < 4.78 is 34.3.